The summed E-state index contributed by atoms with van der Waals surface area (Å²) >= 11 is 0. The van der Waals surface area contributed by atoms with E-state index in [4.69, 9.17) is 4.74 Å². The predicted molar refractivity (Wildman–Crippen MR) is 64.5 cm³/mol. The van der Waals surface area contributed by atoms with Crippen molar-refractivity contribution in [2.45, 2.75) is 37.4 Å². The molecule has 0 radical (unpaired) electrons. The lowest BCUT2D eigenvalue weighted by Crippen LogP contribution is -3.14. The fraction of sp³-hybridized carbons (Fsp3) is 1.00. The summed E-state index contributed by atoms with van der Waals surface area (Å²) in [5.41, 5.74) is -0.397. The molecule has 0 bridgehead atoms. The Morgan fingerprint density at radius 2 is 1.88 bits per heavy atom. The van der Waals surface area contributed by atoms with Gasteiger partial charge in [-0.1, -0.05) is 12.8 Å². The van der Waals surface area contributed by atoms with Crippen LogP contribution in [0.2, 0.25) is 0 Å². The van der Waals surface area contributed by atoms with Crippen LogP contribution in [0.3, 0.4) is 0 Å². The quantitative estimate of drug-likeness (QED) is 0.597. The molecule has 0 amide bonds. The molecular weight excluding hydrogens is 241 g/mol. The summed E-state index contributed by atoms with van der Waals surface area (Å²) in [6.07, 6.45) is 3.01. The third-order valence-electron chi connectivity index (χ3n) is 3.86. The second-order valence-electron chi connectivity index (χ2n) is 5.20. The van der Waals surface area contributed by atoms with Gasteiger partial charge in [0, 0.05) is 0 Å². The molecule has 1 aliphatic carbocycles. The molecule has 2 rings (SSSR count). The van der Waals surface area contributed by atoms with E-state index in [0.29, 0.717) is 26.1 Å². The summed E-state index contributed by atoms with van der Waals surface area (Å²) in [6.45, 7) is 2.94. The average Bonchev–Trinajstić information content (AvgIpc) is 2.30. The maximum atomic E-state index is 12.4. The molecule has 3 atom stereocenters. The molecule has 2 aliphatic rings. The SMILES string of the molecule is O=P(O)(C[NH+]1CCOCC1)[C@H]1CCCC[C@@H]1O. The predicted octanol–water partition coefficient (Wildman–Crippen LogP) is -0.567. The minimum atomic E-state index is -3.24. The Bertz CT molecular complexity index is 293. The lowest BCUT2D eigenvalue weighted by Gasteiger charge is -2.33. The van der Waals surface area contributed by atoms with Gasteiger partial charge in [0.15, 0.2) is 6.29 Å². The monoisotopic (exact) mass is 264 g/mol. The van der Waals surface area contributed by atoms with Gasteiger partial charge in [-0.2, -0.15) is 0 Å². The number of rotatable bonds is 3. The number of nitrogens with one attached hydrogen (secondary N) is 1. The van der Waals surface area contributed by atoms with Crippen LogP contribution in [0.1, 0.15) is 25.7 Å². The number of morpholine rings is 1. The van der Waals surface area contributed by atoms with E-state index in [9.17, 15) is 14.6 Å². The summed E-state index contributed by atoms with van der Waals surface area (Å²) in [7, 11) is -3.24. The highest BCUT2D eigenvalue weighted by Crippen LogP contribution is 2.50. The van der Waals surface area contributed by atoms with Crippen molar-refractivity contribution in [1.29, 1.82) is 0 Å². The fourth-order valence-electron chi connectivity index (χ4n) is 2.82. The van der Waals surface area contributed by atoms with Crippen LogP contribution in [0.15, 0.2) is 0 Å². The lowest BCUT2D eigenvalue weighted by atomic mass is 9.97. The van der Waals surface area contributed by atoms with Crippen LogP contribution < -0.4 is 4.90 Å². The maximum Gasteiger partial charge on any atom is 0.258 e. The van der Waals surface area contributed by atoms with E-state index in [2.05, 4.69) is 0 Å². The first-order chi connectivity index (χ1) is 8.09. The van der Waals surface area contributed by atoms with Crippen LogP contribution in [-0.2, 0) is 9.30 Å². The van der Waals surface area contributed by atoms with Gasteiger partial charge in [-0.3, -0.25) is 4.57 Å². The van der Waals surface area contributed by atoms with Gasteiger partial charge in [0.1, 0.15) is 13.1 Å². The summed E-state index contributed by atoms with van der Waals surface area (Å²) in [4.78, 5) is 11.3. The minimum Gasteiger partial charge on any atom is -0.392 e. The Morgan fingerprint density at radius 1 is 1.24 bits per heavy atom. The first-order valence-corrected chi connectivity index (χ1v) is 8.42. The normalized spacial score (nSPS) is 35.4. The first kappa shape index (κ1) is 13.5. The average molecular weight is 264 g/mol. The second-order valence-corrected chi connectivity index (χ2v) is 7.69. The molecule has 1 saturated carbocycles. The first-order valence-electron chi connectivity index (χ1n) is 6.50. The van der Waals surface area contributed by atoms with Crippen LogP contribution in [0.4, 0.5) is 0 Å². The summed E-state index contributed by atoms with van der Waals surface area (Å²) in [6, 6.07) is 0. The van der Waals surface area contributed by atoms with E-state index in [1.165, 1.54) is 0 Å². The van der Waals surface area contributed by atoms with Gasteiger partial charge in [0.2, 0.25) is 0 Å². The van der Waals surface area contributed by atoms with Gasteiger partial charge >= 0.3 is 0 Å². The molecule has 1 aliphatic heterocycles. The van der Waals surface area contributed by atoms with Crippen molar-refractivity contribution in [3.05, 3.63) is 0 Å². The number of hydrogen-bond donors (Lipinski definition) is 3. The van der Waals surface area contributed by atoms with Gasteiger partial charge in [-0.15, -0.1) is 0 Å². The van der Waals surface area contributed by atoms with E-state index in [0.717, 1.165) is 30.8 Å². The molecule has 0 aromatic heterocycles. The van der Waals surface area contributed by atoms with Crippen molar-refractivity contribution < 1.29 is 24.2 Å². The highest BCUT2D eigenvalue weighted by Gasteiger charge is 2.41. The highest BCUT2D eigenvalue weighted by molar-refractivity contribution is 7.58. The van der Waals surface area contributed by atoms with Crippen molar-refractivity contribution in [3.63, 3.8) is 0 Å². The summed E-state index contributed by atoms with van der Waals surface area (Å²) in [5.74, 6) is 0. The molecule has 5 nitrogen and oxygen atoms in total. The van der Waals surface area contributed by atoms with Gasteiger partial charge < -0.3 is 19.6 Å². The zero-order valence-corrected chi connectivity index (χ0v) is 11.1. The Kier molecular flexibility index (Phi) is 4.61. The fourth-order valence-corrected chi connectivity index (χ4v) is 5.28. The summed E-state index contributed by atoms with van der Waals surface area (Å²) < 4.78 is 17.6. The van der Waals surface area contributed by atoms with Crippen molar-refractivity contribution in [1.82, 2.24) is 0 Å². The molecule has 1 unspecified atom stereocenters. The molecule has 0 aromatic rings. The molecule has 6 heteroatoms. The van der Waals surface area contributed by atoms with E-state index in [1.807, 2.05) is 0 Å². The maximum absolute atomic E-state index is 12.4. The Morgan fingerprint density at radius 3 is 2.53 bits per heavy atom. The molecule has 2 fully saturated rings. The topological polar surface area (TPSA) is 71.2 Å². The van der Waals surface area contributed by atoms with E-state index in [1.54, 1.807) is 0 Å². The number of aliphatic hydroxyl groups excluding tert-OH is 1. The van der Waals surface area contributed by atoms with Crippen LogP contribution in [-0.4, -0.2) is 54.4 Å². The van der Waals surface area contributed by atoms with E-state index >= 15 is 0 Å². The largest absolute Gasteiger partial charge is 0.392 e. The zero-order chi connectivity index (χ0) is 12.3. The lowest BCUT2D eigenvalue weighted by molar-refractivity contribution is -0.897. The molecular formula is C11H23NO4P+. The van der Waals surface area contributed by atoms with Crippen molar-refractivity contribution in [2.24, 2.45) is 0 Å². The van der Waals surface area contributed by atoms with Crippen LogP contribution >= 0.6 is 7.37 Å². The molecule has 1 saturated heterocycles. The highest BCUT2D eigenvalue weighted by atomic mass is 31.2. The van der Waals surface area contributed by atoms with E-state index < -0.39 is 19.1 Å². The molecule has 0 aromatic carbocycles. The standard InChI is InChI=1S/C11H22NO4P/c13-10-3-1-2-4-11(10)17(14,15)9-12-5-7-16-8-6-12/h10-11,13H,1-9H2,(H,14,15)/p+1/t10-,11-/m0/s1. The second kappa shape index (κ2) is 5.81. The smallest absolute Gasteiger partial charge is 0.258 e. The number of hydrogen-bond acceptors (Lipinski definition) is 3. The summed E-state index contributed by atoms with van der Waals surface area (Å²) in [5, 5.41) is 9.87. The number of ether oxygens (including phenoxy) is 1. The molecule has 100 valence electrons. The van der Waals surface area contributed by atoms with Crippen LogP contribution in [0.25, 0.3) is 0 Å². The van der Waals surface area contributed by atoms with Gasteiger partial charge in [0.05, 0.1) is 25.0 Å². The third kappa shape index (κ3) is 3.52. The van der Waals surface area contributed by atoms with Gasteiger partial charge in [-0.25, -0.2) is 0 Å². The van der Waals surface area contributed by atoms with Crippen molar-refractivity contribution in [2.75, 3.05) is 32.6 Å². The number of quaternary nitrogens is 1. The number of aliphatic hydroxyl groups is 1. The molecule has 3 N–H and O–H groups in total. The van der Waals surface area contributed by atoms with Crippen molar-refractivity contribution in [3.8, 4) is 0 Å². The Balaban J connectivity index is 1.94. The zero-order valence-electron chi connectivity index (χ0n) is 10.2. The Hall–Kier alpha value is 0.0700. The van der Waals surface area contributed by atoms with Gasteiger partial charge in [0.25, 0.3) is 7.37 Å². The Labute approximate surface area is 102 Å². The molecule has 1 heterocycles. The van der Waals surface area contributed by atoms with E-state index in [-0.39, 0.29) is 6.29 Å². The van der Waals surface area contributed by atoms with Crippen LogP contribution in [0, 0.1) is 0 Å². The third-order valence-corrected chi connectivity index (χ3v) is 6.40. The minimum absolute atomic E-state index is 0.290. The molecule has 0 spiro atoms. The van der Waals surface area contributed by atoms with Crippen molar-refractivity contribution >= 4 is 7.37 Å². The molecule has 17 heavy (non-hydrogen) atoms. The van der Waals surface area contributed by atoms with Gasteiger partial charge in [-0.05, 0) is 12.8 Å². The van der Waals surface area contributed by atoms with Crippen LogP contribution in [0.5, 0.6) is 0 Å².